The molecule has 0 amide bonds. The monoisotopic (exact) mass is 208 g/mol. The molecule has 4 heteroatoms. The van der Waals surface area contributed by atoms with Gasteiger partial charge in [-0.05, 0) is 45.6 Å². The van der Waals surface area contributed by atoms with Gasteiger partial charge in [0.15, 0.2) is 0 Å². The minimum atomic E-state index is 0.581. The summed E-state index contributed by atoms with van der Waals surface area (Å²) in [6.45, 7) is 3.05. The van der Waals surface area contributed by atoms with Crippen molar-refractivity contribution < 1.29 is 0 Å². The molecule has 4 nitrogen and oxygen atoms in total. The van der Waals surface area contributed by atoms with Gasteiger partial charge >= 0.3 is 0 Å². The van der Waals surface area contributed by atoms with E-state index < -0.39 is 0 Å². The van der Waals surface area contributed by atoms with E-state index in [1.165, 1.54) is 31.6 Å². The highest BCUT2D eigenvalue weighted by atomic mass is 15.3. The van der Waals surface area contributed by atoms with Crippen molar-refractivity contribution in [2.24, 2.45) is 5.73 Å². The molecular formula is C11H20N4. The van der Waals surface area contributed by atoms with Crippen LogP contribution < -0.4 is 5.73 Å². The third-order valence-electron chi connectivity index (χ3n) is 3.19. The lowest BCUT2D eigenvalue weighted by atomic mass is 10.1. The van der Waals surface area contributed by atoms with E-state index in [-0.39, 0.29) is 0 Å². The number of hydrogen-bond acceptors (Lipinski definition) is 3. The van der Waals surface area contributed by atoms with Gasteiger partial charge in [0.2, 0.25) is 0 Å². The van der Waals surface area contributed by atoms with Crippen LogP contribution in [0, 0.1) is 0 Å². The standard InChI is InChI=1S/C11H20N4/c1-14-8-4-11(5-9-14)15-10(2-6-12)3-7-13-15/h3,7,11H,2,4-6,8-9,12H2,1H3. The summed E-state index contributed by atoms with van der Waals surface area (Å²) in [5.74, 6) is 0. The number of nitrogens with two attached hydrogens (primary N) is 1. The number of aromatic nitrogens is 2. The Morgan fingerprint density at radius 3 is 2.87 bits per heavy atom. The van der Waals surface area contributed by atoms with Crippen LogP contribution in [-0.4, -0.2) is 41.4 Å². The third kappa shape index (κ3) is 2.38. The molecule has 2 rings (SSSR count). The van der Waals surface area contributed by atoms with Gasteiger partial charge in [-0.2, -0.15) is 5.10 Å². The molecule has 0 saturated carbocycles. The zero-order valence-corrected chi connectivity index (χ0v) is 9.39. The number of hydrogen-bond donors (Lipinski definition) is 1. The molecule has 1 fully saturated rings. The first-order chi connectivity index (χ1) is 7.31. The largest absolute Gasteiger partial charge is 0.330 e. The van der Waals surface area contributed by atoms with Crippen molar-refractivity contribution >= 4 is 0 Å². The Morgan fingerprint density at radius 2 is 2.20 bits per heavy atom. The fourth-order valence-corrected chi connectivity index (χ4v) is 2.26. The van der Waals surface area contributed by atoms with E-state index in [0.717, 1.165) is 6.42 Å². The van der Waals surface area contributed by atoms with Crippen molar-refractivity contribution in [3.05, 3.63) is 18.0 Å². The van der Waals surface area contributed by atoms with Gasteiger partial charge in [0.25, 0.3) is 0 Å². The third-order valence-corrected chi connectivity index (χ3v) is 3.19. The zero-order valence-electron chi connectivity index (χ0n) is 9.39. The summed E-state index contributed by atoms with van der Waals surface area (Å²) in [5.41, 5.74) is 6.88. The molecule has 1 aromatic heterocycles. The van der Waals surface area contributed by atoms with Crippen molar-refractivity contribution in [1.82, 2.24) is 14.7 Å². The van der Waals surface area contributed by atoms with E-state index in [1.807, 2.05) is 6.20 Å². The first-order valence-electron chi connectivity index (χ1n) is 5.72. The van der Waals surface area contributed by atoms with Gasteiger partial charge in [-0.15, -0.1) is 0 Å². The molecule has 2 heterocycles. The lowest BCUT2D eigenvalue weighted by molar-refractivity contribution is 0.210. The second kappa shape index (κ2) is 4.77. The van der Waals surface area contributed by atoms with Crippen molar-refractivity contribution in [1.29, 1.82) is 0 Å². The summed E-state index contributed by atoms with van der Waals surface area (Å²) in [4.78, 5) is 2.38. The zero-order chi connectivity index (χ0) is 10.7. The molecule has 0 atom stereocenters. The van der Waals surface area contributed by atoms with Crippen molar-refractivity contribution in [3.8, 4) is 0 Å². The Kier molecular flexibility index (Phi) is 3.38. The lowest BCUT2D eigenvalue weighted by Crippen LogP contribution is -2.32. The number of nitrogens with zero attached hydrogens (tertiary/aromatic N) is 3. The molecule has 0 aromatic carbocycles. The second-order valence-electron chi connectivity index (χ2n) is 4.34. The van der Waals surface area contributed by atoms with Crippen LogP contribution in [-0.2, 0) is 6.42 Å². The molecule has 84 valence electrons. The predicted molar refractivity (Wildman–Crippen MR) is 60.8 cm³/mol. The number of likely N-dealkylation sites (tertiary alicyclic amines) is 1. The molecule has 1 aromatic rings. The van der Waals surface area contributed by atoms with Crippen LogP contribution in [0.5, 0.6) is 0 Å². The van der Waals surface area contributed by atoms with Gasteiger partial charge in [0.1, 0.15) is 0 Å². The number of rotatable bonds is 3. The molecule has 1 aliphatic rings. The molecule has 2 N–H and O–H groups in total. The lowest BCUT2D eigenvalue weighted by Gasteiger charge is -2.30. The molecule has 0 radical (unpaired) electrons. The predicted octanol–water partition coefficient (Wildman–Crippen LogP) is 0.651. The minimum absolute atomic E-state index is 0.581. The van der Waals surface area contributed by atoms with Gasteiger partial charge in [0, 0.05) is 18.3 Å². The summed E-state index contributed by atoms with van der Waals surface area (Å²) in [5, 5.41) is 4.43. The summed E-state index contributed by atoms with van der Waals surface area (Å²) in [7, 11) is 2.18. The van der Waals surface area contributed by atoms with Crippen LogP contribution in [0.25, 0.3) is 0 Å². The van der Waals surface area contributed by atoms with Crippen molar-refractivity contribution in [2.45, 2.75) is 25.3 Å². The molecule has 0 spiro atoms. The maximum atomic E-state index is 5.59. The van der Waals surface area contributed by atoms with E-state index in [1.54, 1.807) is 0 Å². The highest BCUT2D eigenvalue weighted by Crippen LogP contribution is 2.22. The molecular weight excluding hydrogens is 188 g/mol. The Labute approximate surface area is 91.1 Å². The first kappa shape index (κ1) is 10.6. The van der Waals surface area contributed by atoms with E-state index in [4.69, 9.17) is 5.73 Å². The van der Waals surface area contributed by atoms with Crippen molar-refractivity contribution in [3.63, 3.8) is 0 Å². The molecule has 1 saturated heterocycles. The van der Waals surface area contributed by atoms with Crippen LogP contribution in [0.4, 0.5) is 0 Å². The average molecular weight is 208 g/mol. The summed E-state index contributed by atoms with van der Waals surface area (Å²) in [6.07, 6.45) is 5.24. The van der Waals surface area contributed by atoms with Crippen LogP contribution in [0.15, 0.2) is 12.3 Å². The fraction of sp³-hybridized carbons (Fsp3) is 0.727. The van der Waals surface area contributed by atoms with Crippen LogP contribution in [0.1, 0.15) is 24.6 Å². The van der Waals surface area contributed by atoms with E-state index >= 15 is 0 Å². The molecule has 0 unspecified atom stereocenters. The minimum Gasteiger partial charge on any atom is -0.330 e. The Hall–Kier alpha value is -0.870. The molecule has 1 aliphatic heterocycles. The highest BCUT2D eigenvalue weighted by Gasteiger charge is 2.20. The SMILES string of the molecule is CN1CCC(n2nccc2CCN)CC1. The molecule has 15 heavy (non-hydrogen) atoms. The van der Waals surface area contributed by atoms with E-state index in [2.05, 4.69) is 27.8 Å². The quantitative estimate of drug-likeness (QED) is 0.793. The van der Waals surface area contributed by atoms with Crippen LogP contribution >= 0.6 is 0 Å². The van der Waals surface area contributed by atoms with Crippen LogP contribution in [0.3, 0.4) is 0 Å². The average Bonchev–Trinajstić information content (AvgIpc) is 2.68. The second-order valence-corrected chi connectivity index (χ2v) is 4.34. The van der Waals surface area contributed by atoms with E-state index in [0.29, 0.717) is 12.6 Å². The Balaban J connectivity index is 2.05. The Bertz CT molecular complexity index is 299. The summed E-state index contributed by atoms with van der Waals surface area (Å²) in [6, 6.07) is 2.67. The summed E-state index contributed by atoms with van der Waals surface area (Å²) < 4.78 is 2.18. The molecule has 0 bridgehead atoms. The smallest absolute Gasteiger partial charge is 0.0546 e. The molecule has 0 aliphatic carbocycles. The van der Waals surface area contributed by atoms with Gasteiger partial charge < -0.3 is 10.6 Å². The summed E-state index contributed by atoms with van der Waals surface area (Å²) >= 11 is 0. The van der Waals surface area contributed by atoms with Crippen LogP contribution in [0.2, 0.25) is 0 Å². The maximum Gasteiger partial charge on any atom is 0.0546 e. The fourth-order valence-electron chi connectivity index (χ4n) is 2.26. The normalized spacial score (nSPS) is 19.6. The highest BCUT2D eigenvalue weighted by molar-refractivity contribution is 5.03. The maximum absolute atomic E-state index is 5.59. The van der Waals surface area contributed by atoms with Gasteiger partial charge in [-0.1, -0.05) is 0 Å². The van der Waals surface area contributed by atoms with E-state index in [9.17, 15) is 0 Å². The Morgan fingerprint density at radius 1 is 1.47 bits per heavy atom. The topological polar surface area (TPSA) is 47.1 Å². The van der Waals surface area contributed by atoms with Gasteiger partial charge in [0.05, 0.1) is 6.04 Å². The van der Waals surface area contributed by atoms with Gasteiger partial charge in [-0.3, -0.25) is 4.68 Å². The van der Waals surface area contributed by atoms with Gasteiger partial charge in [-0.25, -0.2) is 0 Å². The number of piperidine rings is 1. The first-order valence-corrected chi connectivity index (χ1v) is 5.72. The van der Waals surface area contributed by atoms with Crippen molar-refractivity contribution in [2.75, 3.05) is 26.7 Å².